The van der Waals surface area contributed by atoms with Crippen molar-refractivity contribution in [1.29, 1.82) is 0 Å². The first kappa shape index (κ1) is 12.7. The van der Waals surface area contributed by atoms with Crippen LogP contribution in [0.4, 0.5) is 0 Å². The van der Waals surface area contributed by atoms with E-state index in [0.29, 0.717) is 11.8 Å². The van der Waals surface area contributed by atoms with Crippen molar-refractivity contribution in [3.8, 4) is 0 Å². The molecule has 1 aromatic heterocycles. The molecule has 3 nitrogen and oxygen atoms in total. The van der Waals surface area contributed by atoms with Gasteiger partial charge in [0.25, 0.3) is 0 Å². The van der Waals surface area contributed by atoms with Crippen molar-refractivity contribution in [3.05, 3.63) is 23.7 Å². The van der Waals surface area contributed by atoms with Gasteiger partial charge in [-0.3, -0.25) is 0 Å². The van der Waals surface area contributed by atoms with Crippen LogP contribution in [0.2, 0.25) is 0 Å². The molecule has 1 aromatic rings. The Bertz CT molecular complexity index is 348. The fourth-order valence-electron chi connectivity index (χ4n) is 2.58. The van der Waals surface area contributed by atoms with Gasteiger partial charge in [0.05, 0.1) is 6.54 Å². The van der Waals surface area contributed by atoms with Crippen LogP contribution in [-0.2, 0) is 13.2 Å². The maximum atomic E-state index is 8.92. The molecule has 2 N–H and O–H groups in total. The summed E-state index contributed by atoms with van der Waals surface area (Å²) in [6, 6.07) is 4.39. The van der Waals surface area contributed by atoms with Crippen LogP contribution in [-0.4, -0.2) is 11.1 Å². The average Bonchev–Trinajstić information content (AvgIpc) is 2.79. The number of rotatable bonds is 4. The van der Waals surface area contributed by atoms with Gasteiger partial charge in [-0.05, 0) is 43.2 Å². The van der Waals surface area contributed by atoms with Crippen LogP contribution in [0, 0.1) is 11.8 Å². The molecular formula is C14H23NO2. The van der Waals surface area contributed by atoms with E-state index in [-0.39, 0.29) is 6.61 Å². The molecule has 1 saturated carbocycles. The fraction of sp³-hybridized carbons (Fsp3) is 0.714. The van der Waals surface area contributed by atoms with Crippen LogP contribution in [0.1, 0.15) is 44.6 Å². The summed E-state index contributed by atoms with van der Waals surface area (Å²) < 4.78 is 5.46. The van der Waals surface area contributed by atoms with E-state index in [9.17, 15) is 0 Å². The summed E-state index contributed by atoms with van der Waals surface area (Å²) in [6.45, 7) is 5.44. The Kier molecular flexibility index (Phi) is 4.24. The minimum Gasteiger partial charge on any atom is -0.462 e. The van der Waals surface area contributed by atoms with Gasteiger partial charge in [-0.25, -0.2) is 0 Å². The Balaban J connectivity index is 1.78. The number of hydrogen-bond acceptors (Lipinski definition) is 3. The molecule has 0 saturated heterocycles. The second-order valence-corrected chi connectivity index (χ2v) is 5.37. The Morgan fingerprint density at radius 3 is 2.65 bits per heavy atom. The molecule has 1 aliphatic rings. The molecule has 3 heteroatoms. The highest BCUT2D eigenvalue weighted by Gasteiger charge is 2.24. The molecule has 3 unspecified atom stereocenters. The lowest BCUT2D eigenvalue weighted by atomic mass is 9.79. The van der Waals surface area contributed by atoms with Crippen molar-refractivity contribution in [2.24, 2.45) is 11.8 Å². The van der Waals surface area contributed by atoms with Crippen molar-refractivity contribution < 1.29 is 9.52 Å². The smallest absolute Gasteiger partial charge is 0.129 e. The first-order valence-electron chi connectivity index (χ1n) is 6.61. The molecule has 0 amide bonds. The van der Waals surface area contributed by atoms with E-state index in [0.717, 1.165) is 24.1 Å². The number of furan rings is 1. The van der Waals surface area contributed by atoms with Crippen LogP contribution in [0.25, 0.3) is 0 Å². The van der Waals surface area contributed by atoms with Gasteiger partial charge in [0.15, 0.2) is 0 Å². The van der Waals surface area contributed by atoms with Crippen LogP contribution in [0.3, 0.4) is 0 Å². The maximum absolute atomic E-state index is 8.92. The van der Waals surface area contributed by atoms with Gasteiger partial charge in [0.1, 0.15) is 18.1 Å². The zero-order chi connectivity index (χ0) is 12.3. The van der Waals surface area contributed by atoms with E-state index in [1.165, 1.54) is 19.3 Å². The molecule has 2 rings (SSSR count). The zero-order valence-electron chi connectivity index (χ0n) is 10.8. The molecule has 0 aromatic carbocycles. The SMILES string of the molecule is CC1CCC(NCc2ccc(CO)o2)CC1C. The first-order chi connectivity index (χ1) is 8.19. The molecule has 1 heterocycles. The third-order valence-electron chi connectivity index (χ3n) is 4.04. The molecular weight excluding hydrogens is 214 g/mol. The van der Waals surface area contributed by atoms with Gasteiger partial charge in [0, 0.05) is 6.04 Å². The zero-order valence-corrected chi connectivity index (χ0v) is 10.8. The molecule has 0 aliphatic heterocycles. The van der Waals surface area contributed by atoms with Crippen molar-refractivity contribution in [1.82, 2.24) is 5.32 Å². The van der Waals surface area contributed by atoms with Crippen LogP contribution < -0.4 is 5.32 Å². The fourth-order valence-corrected chi connectivity index (χ4v) is 2.58. The second-order valence-electron chi connectivity index (χ2n) is 5.37. The molecule has 0 radical (unpaired) electrons. The lowest BCUT2D eigenvalue weighted by Crippen LogP contribution is -2.35. The van der Waals surface area contributed by atoms with Crippen molar-refractivity contribution in [3.63, 3.8) is 0 Å². The summed E-state index contributed by atoms with van der Waals surface area (Å²) in [5, 5.41) is 12.5. The Morgan fingerprint density at radius 2 is 2.00 bits per heavy atom. The van der Waals surface area contributed by atoms with Crippen LogP contribution in [0.5, 0.6) is 0 Å². The molecule has 3 atom stereocenters. The topological polar surface area (TPSA) is 45.4 Å². The highest BCUT2D eigenvalue weighted by Crippen LogP contribution is 2.29. The van der Waals surface area contributed by atoms with Gasteiger partial charge >= 0.3 is 0 Å². The predicted octanol–water partition coefficient (Wildman–Crippen LogP) is 2.69. The van der Waals surface area contributed by atoms with E-state index in [1.54, 1.807) is 0 Å². The highest BCUT2D eigenvalue weighted by molar-refractivity contribution is 5.06. The van der Waals surface area contributed by atoms with E-state index in [4.69, 9.17) is 9.52 Å². The van der Waals surface area contributed by atoms with Crippen molar-refractivity contribution in [2.75, 3.05) is 0 Å². The minimum atomic E-state index is -0.0159. The molecule has 0 bridgehead atoms. The largest absolute Gasteiger partial charge is 0.462 e. The second kappa shape index (κ2) is 5.69. The van der Waals surface area contributed by atoms with Gasteiger partial charge in [-0.2, -0.15) is 0 Å². The number of aliphatic hydroxyl groups is 1. The van der Waals surface area contributed by atoms with Gasteiger partial charge in [-0.15, -0.1) is 0 Å². The van der Waals surface area contributed by atoms with Gasteiger partial charge in [0.2, 0.25) is 0 Å². The molecule has 0 spiro atoms. The van der Waals surface area contributed by atoms with Gasteiger partial charge < -0.3 is 14.8 Å². The van der Waals surface area contributed by atoms with Crippen LogP contribution >= 0.6 is 0 Å². The van der Waals surface area contributed by atoms with Gasteiger partial charge in [-0.1, -0.05) is 13.8 Å². The van der Waals surface area contributed by atoms with E-state index in [1.807, 2.05) is 12.1 Å². The number of hydrogen-bond donors (Lipinski definition) is 2. The quantitative estimate of drug-likeness (QED) is 0.846. The Labute approximate surface area is 103 Å². The van der Waals surface area contributed by atoms with E-state index in [2.05, 4.69) is 19.2 Å². The third-order valence-corrected chi connectivity index (χ3v) is 4.04. The summed E-state index contributed by atoms with van der Waals surface area (Å²) in [6.07, 6.45) is 3.84. The molecule has 96 valence electrons. The molecule has 17 heavy (non-hydrogen) atoms. The highest BCUT2D eigenvalue weighted by atomic mass is 16.4. The Morgan fingerprint density at radius 1 is 1.24 bits per heavy atom. The molecule has 1 aliphatic carbocycles. The standard InChI is InChI=1S/C14H23NO2/c1-10-3-4-12(7-11(10)2)15-8-13-5-6-14(9-16)17-13/h5-6,10-12,15-16H,3-4,7-9H2,1-2H3. The predicted molar refractivity (Wildman–Crippen MR) is 67.4 cm³/mol. The monoisotopic (exact) mass is 237 g/mol. The summed E-state index contributed by atoms with van der Waals surface area (Å²) in [5.74, 6) is 3.23. The lowest BCUT2D eigenvalue weighted by Gasteiger charge is -2.32. The maximum Gasteiger partial charge on any atom is 0.129 e. The normalized spacial score (nSPS) is 29.5. The summed E-state index contributed by atoms with van der Waals surface area (Å²) in [4.78, 5) is 0. The Hall–Kier alpha value is -0.800. The number of nitrogens with one attached hydrogen (secondary N) is 1. The lowest BCUT2D eigenvalue weighted by molar-refractivity contribution is 0.219. The average molecular weight is 237 g/mol. The van der Waals surface area contributed by atoms with Crippen molar-refractivity contribution in [2.45, 2.75) is 52.3 Å². The number of aliphatic hydroxyl groups excluding tert-OH is 1. The van der Waals surface area contributed by atoms with E-state index < -0.39 is 0 Å². The third kappa shape index (κ3) is 3.33. The summed E-state index contributed by atoms with van der Waals surface area (Å²) in [5.41, 5.74) is 0. The summed E-state index contributed by atoms with van der Waals surface area (Å²) >= 11 is 0. The minimum absolute atomic E-state index is 0.0159. The van der Waals surface area contributed by atoms with E-state index >= 15 is 0 Å². The molecule has 1 fully saturated rings. The first-order valence-corrected chi connectivity index (χ1v) is 6.61. The summed E-state index contributed by atoms with van der Waals surface area (Å²) in [7, 11) is 0. The van der Waals surface area contributed by atoms with Crippen LogP contribution in [0.15, 0.2) is 16.5 Å². The van der Waals surface area contributed by atoms with Crippen molar-refractivity contribution >= 4 is 0 Å².